The third-order valence-corrected chi connectivity index (χ3v) is 3.34. The van der Waals surface area contributed by atoms with Crippen molar-refractivity contribution in [3.05, 3.63) is 24.0 Å². The van der Waals surface area contributed by atoms with Gasteiger partial charge in [-0.05, 0) is 32.4 Å². The zero-order chi connectivity index (χ0) is 13.0. The maximum absolute atomic E-state index is 11.1. The van der Waals surface area contributed by atoms with Crippen molar-refractivity contribution in [2.75, 3.05) is 7.05 Å². The predicted molar refractivity (Wildman–Crippen MR) is 68.5 cm³/mol. The molecule has 0 saturated heterocycles. The lowest BCUT2D eigenvalue weighted by molar-refractivity contribution is 0.0991. The highest BCUT2D eigenvalue weighted by Crippen LogP contribution is 2.23. The zero-order valence-corrected chi connectivity index (χ0v) is 10.6. The van der Waals surface area contributed by atoms with E-state index in [9.17, 15) is 4.79 Å². The summed E-state index contributed by atoms with van der Waals surface area (Å²) in [5.41, 5.74) is 5.44. The summed E-state index contributed by atoms with van der Waals surface area (Å²) in [7, 11) is 1.95. The van der Waals surface area contributed by atoms with Gasteiger partial charge in [0.25, 0.3) is 5.91 Å². The van der Waals surface area contributed by atoms with Crippen LogP contribution in [0.4, 0.5) is 0 Å². The molecule has 1 amide bonds. The van der Waals surface area contributed by atoms with Crippen LogP contribution in [-0.4, -0.2) is 30.1 Å². The van der Waals surface area contributed by atoms with Gasteiger partial charge < -0.3 is 15.8 Å². The van der Waals surface area contributed by atoms with Gasteiger partial charge in [0, 0.05) is 18.3 Å². The molecule has 0 spiro atoms. The van der Waals surface area contributed by atoms with Crippen molar-refractivity contribution in [1.29, 1.82) is 0 Å². The Bertz CT molecular complexity index is 422. The molecular weight excluding hydrogens is 230 g/mol. The van der Waals surface area contributed by atoms with Gasteiger partial charge in [-0.15, -0.1) is 0 Å². The maximum Gasteiger partial charge on any atom is 0.267 e. The normalized spacial score (nSPS) is 23.6. The summed E-state index contributed by atoms with van der Waals surface area (Å²) >= 11 is 0. The van der Waals surface area contributed by atoms with Crippen LogP contribution in [0, 0.1) is 0 Å². The number of nitrogens with two attached hydrogens (primary N) is 1. The summed E-state index contributed by atoms with van der Waals surface area (Å²) in [5.74, 6) is 0.125. The molecule has 1 aromatic rings. The molecule has 1 saturated carbocycles. The molecule has 1 heterocycles. The highest BCUT2D eigenvalue weighted by Gasteiger charge is 2.25. The lowest BCUT2D eigenvalue weighted by Gasteiger charge is -2.31. The Morgan fingerprint density at radius 3 is 3.00 bits per heavy atom. The minimum atomic E-state index is -0.533. The third-order valence-electron chi connectivity index (χ3n) is 3.34. The van der Waals surface area contributed by atoms with Crippen molar-refractivity contribution in [2.24, 2.45) is 5.73 Å². The SMILES string of the molecule is CNC1CCCCC1Oc1ccnc(C(N)=O)c1. The second-order valence-corrected chi connectivity index (χ2v) is 4.58. The van der Waals surface area contributed by atoms with Gasteiger partial charge in [-0.2, -0.15) is 0 Å². The van der Waals surface area contributed by atoms with Crippen molar-refractivity contribution < 1.29 is 9.53 Å². The van der Waals surface area contributed by atoms with E-state index in [1.807, 2.05) is 7.05 Å². The maximum atomic E-state index is 11.1. The molecule has 1 aliphatic carbocycles. The van der Waals surface area contributed by atoms with Gasteiger partial charge in [0.2, 0.25) is 0 Å². The number of rotatable bonds is 4. The Morgan fingerprint density at radius 2 is 2.28 bits per heavy atom. The molecule has 18 heavy (non-hydrogen) atoms. The molecule has 2 unspecified atom stereocenters. The van der Waals surface area contributed by atoms with Crippen LogP contribution in [0.1, 0.15) is 36.2 Å². The number of nitrogens with zero attached hydrogens (tertiary/aromatic N) is 1. The molecule has 0 aromatic carbocycles. The smallest absolute Gasteiger partial charge is 0.267 e. The number of carbonyl (C=O) groups is 1. The lowest BCUT2D eigenvalue weighted by Crippen LogP contribution is -2.43. The van der Waals surface area contributed by atoms with E-state index in [4.69, 9.17) is 10.5 Å². The Kier molecular flexibility index (Phi) is 4.15. The summed E-state index contributed by atoms with van der Waals surface area (Å²) in [6.07, 6.45) is 6.25. The standard InChI is InChI=1S/C13H19N3O2/c1-15-10-4-2-3-5-12(10)18-9-6-7-16-11(8-9)13(14)17/h6-8,10,12,15H,2-5H2,1H3,(H2,14,17). The van der Waals surface area contributed by atoms with E-state index in [-0.39, 0.29) is 11.8 Å². The minimum absolute atomic E-state index is 0.145. The van der Waals surface area contributed by atoms with E-state index in [1.165, 1.54) is 12.8 Å². The van der Waals surface area contributed by atoms with E-state index < -0.39 is 5.91 Å². The molecular formula is C13H19N3O2. The number of hydrogen-bond donors (Lipinski definition) is 2. The van der Waals surface area contributed by atoms with Crippen molar-refractivity contribution >= 4 is 5.91 Å². The third kappa shape index (κ3) is 2.98. The molecule has 2 atom stereocenters. The quantitative estimate of drug-likeness (QED) is 0.837. The van der Waals surface area contributed by atoms with Crippen LogP contribution in [0.3, 0.4) is 0 Å². The van der Waals surface area contributed by atoms with Crippen LogP contribution < -0.4 is 15.8 Å². The number of hydrogen-bond acceptors (Lipinski definition) is 4. The van der Waals surface area contributed by atoms with E-state index in [1.54, 1.807) is 18.3 Å². The Morgan fingerprint density at radius 1 is 1.50 bits per heavy atom. The molecule has 5 nitrogen and oxygen atoms in total. The highest BCUT2D eigenvalue weighted by molar-refractivity contribution is 5.91. The number of likely N-dealkylation sites (N-methyl/N-ethyl adjacent to an activating group) is 1. The average Bonchev–Trinajstić information content (AvgIpc) is 2.39. The van der Waals surface area contributed by atoms with Gasteiger partial charge in [0.15, 0.2) is 0 Å². The molecule has 5 heteroatoms. The number of pyridine rings is 1. The van der Waals surface area contributed by atoms with Gasteiger partial charge in [0.1, 0.15) is 17.5 Å². The first kappa shape index (κ1) is 12.8. The zero-order valence-electron chi connectivity index (χ0n) is 10.6. The van der Waals surface area contributed by atoms with Crippen molar-refractivity contribution in [3.63, 3.8) is 0 Å². The molecule has 1 fully saturated rings. The van der Waals surface area contributed by atoms with E-state index in [2.05, 4.69) is 10.3 Å². The second kappa shape index (κ2) is 5.82. The first-order valence-corrected chi connectivity index (χ1v) is 6.30. The summed E-state index contributed by atoms with van der Waals surface area (Å²) < 4.78 is 5.94. The van der Waals surface area contributed by atoms with Crippen LogP contribution in [0.2, 0.25) is 0 Å². The van der Waals surface area contributed by atoms with Gasteiger partial charge in [-0.1, -0.05) is 6.42 Å². The summed E-state index contributed by atoms with van der Waals surface area (Å²) in [4.78, 5) is 15.0. The van der Waals surface area contributed by atoms with Gasteiger partial charge in [0.05, 0.1) is 0 Å². The minimum Gasteiger partial charge on any atom is -0.489 e. The van der Waals surface area contributed by atoms with Crippen LogP contribution in [0.25, 0.3) is 0 Å². The number of amides is 1. The fourth-order valence-electron chi connectivity index (χ4n) is 2.36. The summed E-state index contributed by atoms with van der Waals surface area (Å²) in [6, 6.07) is 3.72. The monoisotopic (exact) mass is 249 g/mol. The highest BCUT2D eigenvalue weighted by atomic mass is 16.5. The van der Waals surface area contributed by atoms with Gasteiger partial charge >= 0.3 is 0 Å². The fourth-order valence-corrected chi connectivity index (χ4v) is 2.36. The van der Waals surface area contributed by atoms with Crippen LogP contribution in [-0.2, 0) is 0 Å². The molecule has 0 bridgehead atoms. The molecule has 98 valence electrons. The summed E-state index contributed by atoms with van der Waals surface area (Å²) in [5, 5.41) is 3.28. The molecule has 0 radical (unpaired) electrons. The Hall–Kier alpha value is -1.62. The van der Waals surface area contributed by atoms with E-state index in [0.29, 0.717) is 11.8 Å². The number of carbonyl (C=O) groups excluding carboxylic acids is 1. The summed E-state index contributed by atoms with van der Waals surface area (Å²) in [6.45, 7) is 0. The van der Waals surface area contributed by atoms with Crippen LogP contribution >= 0.6 is 0 Å². The van der Waals surface area contributed by atoms with Gasteiger partial charge in [-0.25, -0.2) is 0 Å². The number of ether oxygens (including phenoxy) is 1. The average molecular weight is 249 g/mol. The molecule has 1 aromatic heterocycles. The predicted octanol–water partition coefficient (Wildman–Crippen LogP) is 1.09. The van der Waals surface area contributed by atoms with Crippen molar-refractivity contribution in [2.45, 2.75) is 37.8 Å². The second-order valence-electron chi connectivity index (χ2n) is 4.58. The number of primary amides is 1. The van der Waals surface area contributed by atoms with Gasteiger partial charge in [-0.3, -0.25) is 9.78 Å². The molecule has 0 aliphatic heterocycles. The Labute approximate surface area is 107 Å². The van der Waals surface area contributed by atoms with Crippen molar-refractivity contribution in [1.82, 2.24) is 10.3 Å². The lowest BCUT2D eigenvalue weighted by atomic mass is 9.92. The molecule has 3 N–H and O–H groups in total. The van der Waals surface area contributed by atoms with E-state index in [0.717, 1.165) is 12.8 Å². The first-order chi connectivity index (χ1) is 8.70. The van der Waals surface area contributed by atoms with Crippen LogP contribution in [0.15, 0.2) is 18.3 Å². The Balaban J connectivity index is 2.07. The topological polar surface area (TPSA) is 77.2 Å². The van der Waals surface area contributed by atoms with E-state index >= 15 is 0 Å². The first-order valence-electron chi connectivity index (χ1n) is 6.30. The number of aromatic nitrogens is 1. The largest absolute Gasteiger partial charge is 0.489 e. The fraction of sp³-hybridized carbons (Fsp3) is 0.538. The molecule has 2 rings (SSSR count). The number of nitrogens with one attached hydrogen (secondary N) is 1. The molecule has 1 aliphatic rings. The van der Waals surface area contributed by atoms with Crippen LogP contribution in [0.5, 0.6) is 5.75 Å². The van der Waals surface area contributed by atoms with Crippen molar-refractivity contribution in [3.8, 4) is 5.75 Å².